The fourth-order valence-electron chi connectivity index (χ4n) is 3.24. The molecule has 4 unspecified atom stereocenters. The highest BCUT2D eigenvalue weighted by molar-refractivity contribution is 5.32. The normalized spacial score (nSPS) is 59.4. The van der Waals surface area contributed by atoms with Gasteiger partial charge in [-0.15, -0.1) is 0 Å². The lowest BCUT2D eigenvalue weighted by molar-refractivity contribution is 0.155. The van der Waals surface area contributed by atoms with E-state index in [1.54, 1.807) is 0 Å². The number of hydrogen-bond donors (Lipinski definition) is 0. The maximum absolute atomic E-state index is 2.50. The lowest BCUT2D eigenvalue weighted by Crippen LogP contribution is -2.27. The molecule has 0 saturated heterocycles. The van der Waals surface area contributed by atoms with E-state index < -0.39 is 0 Å². The maximum atomic E-state index is 2.50. The van der Waals surface area contributed by atoms with Gasteiger partial charge in [0, 0.05) is 0 Å². The standard InChI is InChI=1S/C9H12/c1-5-6-2-3-7-8(5)4-9(6)7/h2,5,7-9H,3-4H2,1H3. The molecule has 0 heterocycles. The van der Waals surface area contributed by atoms with Crippen molar-refractivity contribution in [2.45, 2.75) is 19.8 Å². The highest BCUT2D eigenvalue weighted by Crippen LogP contribution is 2.64. The second-order valence-corrected chi connectivity index (χ2v) is 3.90. The Morgan fingerprint density at radius 1 is 1.44 bits per heavy atom. The molecule has 48 valence electrons. The molecule has 0 nitrogen and oxygen atoms in total. The van der Waals surface area contributed by atoms with Crippen LogP contribution in [0.5, 0.6) is 0 Å². The van der Waals surface area contributed by atoms with Crippen molar-refractivity contribution >= 4 is 0 Å². The van der Waals surface area contributed by atoms with Crippen LogP contribution >= 0.6 is 0 Å². The maximum Gasteiger partial charge on any atom is -0.0163 e. The van der Waals surface area contributed by atoms with E-state index >= 15 is 0 Å². The topological polar surface area (TPSA) is 0 Å². The monoisotopic (exact) mass is 120 g/mol. The van der Waals surface area contributed by atoms with Crippen molar-refractivity contribution in [3.8, 4) is 0 Å². The molecule has 4 aliphatic rings. The van der Waals surface area contributed by atoms with E-state index in [1.165, 1.54) is 12.8 Å². The molecule has 0 aromatic rings. The van der Waals surface area contributed by atoms with Crippen molar-refractivity contribution < 1.29 is 0 Å². The second-order valence-electron chi connectivity index (χ2n) is 3.90. The minimum atomic E-state index is 0.980. The minimum absolute atomic E-state index is 0.980. The molecule has 0 N–H and O–H groups in total. The first-order valence-corrected chi connectivity index (χ1v) is 4.08. The van der Waals surface area contributed by atoms with Crippen LogP contribution in [0.25, 0.3) is 0 Å². The van der Waals surface area contributed by atoms with Crippen molar-refractivity contribution in [3.63, 3.8) is 0 Å². The summed E-state index contributed by atoms with van der Waals surface area (Å²) in [6.45, 7) is 2.41. The Bertz CT molecular complexity index is 190. The van der Waals surface area contributed by atoms with E-state index in [-0.39, 0.29) is 0 Å². The third-order valence-electron chi connectivity index (χ3n) is 3.81. The van der Waals surface area contributed by atoms with Gasteiger partial charge in [0.15, 0.2) is 0 Å². The summed E-state index contributed by atoms with van der Waals surface area (Å²) in [4.78, 5) is 0. The fraction of sp³-hybridized carbons (Fsp3) is 0.778. The highest BCUT2D eigenvalue weighted by Gasteiger charge is 2.56. The van der Waals surface area contributed by atoms with Crippen molar-refractivity contribution in [2.24, 2.45) is 23.7 Å². The average molecular weight is 120 g/mol. The third-order valence-corrected chi connectivity index (χ3v) is 3.81. The summed E-state index contributed by atoms with van der Waals surface area (Å²) in [5, 5.41) is 0. The van der Waals surface area contributed by atoms with Gasteiger partial charge in [0.25, 0.3) is 0 Å². The van der Waals surface area contributed by atoms with Gasteiger partial charge in [0.2, 0.25) is 0 Å². The lowest BCUT2D eigenvalue weighted by Gasteiger charge is -2.33. The summed E-state index contributed by atoms with van der Waals surface area (Å²) in [5.74, 6) is 4.30. The number of allylic oxidation sites excluding steroid dienone is 2. The smallest absolute Gasteiger partial charge is 0.0163 e. The van der Waals surface area contributed by atoms with Gasteiger partial charge in [-0.2, -0.15) is 0 Å². The molecule has 9 heavy (non-hydrogen) atoms. The third kappa shape index (κ3) is 0.309. The molecule has 0 spiro atoms. The van der Waals surface area contributed by atoms with Crippen LogP contribution in [0.1, 0.15) is 19.8 Å². The zero-order valence-corrected chi connectivity index (χ0v) is 5.80. The summed E-state index contributed by atoms with van der Waals surface area (Å²) in [7, 11) is 0. The predicted molar refractivity (Wildman–Crippen MR) is 37.0 cm³/mol. The van der Waals surface area contributed by atoms with E-state index in [0.29, 0.717) is 0 Å². The molecule has 4 aliphatic carbocycles. The zero-order valence-electron chi connectivity index (χ0n) is 5.80. The number of hydrogen-bond acceptors (Lipinski definition) is 0. The number of rotatable bonds is 0. The Kier molecular flexibility index (Phi) is 0.564. The van der Waals surface area contributed by atoms with Crippen molar-refractivity contribution in [3.05, 3.63) is 11.6 Å². The summed E-state index contributed by atoms with van der Waals surface area (Å²) < 4.78 is 0. The first-order chi connectivity index (χ1) is 4.38. The van der Waals surface area contributed by atoms with Gasteiger partial charge in [-0.3, -0.25) is 0 Å². The van der Waals surface area contributed by atoms with E-state index in [9.17, 15) is 0 Å². The predicted octanol–water partition coefficient (Wildman–Crippen LogP) is 2.22. The fourth-order valence-corrected chi connectivity index (χ4v) is 3.24. The molecule has 3 saturated carbocycles. The molecule has 4 bridgehead atoms. The summed E-state index contributed by atoms with van der Waals surface area (Å²) >= 11 is 0. The van der Waals surface area contributed by atoms with Gasteiger partial charge in [0.05, 0.1) is 0 Å². The SMILES string of the molecule is CC1C2=CCC3C2CC13. The van der Waals surface area contributed by atoms with Crippen molar-refractivity contribution in [1.29, 1.82) is 0 Å². The Morgan fingerprint density at radius 3 is 2.78 bits per heavy atom. The molecular weight excluding hydrogens is 108 g/mol. The second kappa shape index (κ2) is 1.12. The van der Waals surface area contributed by atoms with Gasteiger partial charge in [-0.05, 0) is 36.5 Å². The molecule has 3 fully saturated rings. The van der Waals surface area contributed by atoms with Crippen LogP contribution in [0.3, 0.4) is 0 Å². The van der Waals surface area contributed by atoms with E-state index in [4.69, 9.17) is 0 Å². The lowest BCUT2D eigenvalue weighted by atomic mass is 9.71. The van der Waals surface area contributed by atoms with Crippen LogP contribution in [0.2, 0.25) is 0 Å². The van der Waals surface area contributed by atoms with E-state index in [1.807, 2.05) is 5.57 Å². The Labute approximate surface area is 56.0 Å². The Hall–Kier alpha value is -0.260. The van der Waals surface area contributed by atoms with Gasteiger partial charge in [-0.1, -0.05) is 18.6 Å². The van der Waals surface area contributed by atoms with Crippen molar-refractivity contribution in [2.75, 3.05) is 0 Å². The van der Waals surface area contributed by atoms with E-state index in [0.717, 1.165) is 23.7 Å². The summed E-state index contributed by atoms with van der Waals surface area (Å²) in [6.07, 6.45) is 5.47. The first kappa shape index (κ1) is 4.54. The van der Waals surface area contributed by atoms with Crippen LogP contribution < -0.4 is 0 Å². The van der Waals surface area contributed by atoms with Crippen LogP contribution in [-0.4, -0.2) is 0 Å². The molecule has 0 amide bonds. The van der Waals surface area contributed by atoms with Crippen molar-refractivity contribution in [1.82, 2.24) is 0 Å². The van der Waals surface area contributed by atoms with Crippen LogP contribution in [0.4, 0.5) is 0 Å². The molecule has 0 aromatic heterocycles. The average Bonchev–Trinajstić information content (AvgIpc) is 2.26. The highest BCUT2D eigenvalue weighted by atomic mass is 14.6. The molecule has 0 heteroatoms. The molecule has 0 radical (unpaired) electrons. The van der Waals surface area contributed by atoms with Gasteiger partial charge in [-0.25, -0.2) is 0 Å². The van der Waals surface area contributed by atoms with Gasteiger partial charge < -0.3 is 0 Å². The Morgan fingerprint density at radius 2 is 2.33 bits per heavy atom. The quantitative estimate of drug-likeness (QED) is 0.430. The van der Waals surface area contributed by atoms with Crippen LogP contribution in [0.15, 0.2) is 11.6 Å². The molecule has 0 aliphatic heterocycles. The van der Waals surface area contributed by atoms with Gasteiger partial charge in [0.1, 0.15) is 0 Å². The molecule has 4 rings (SSSR count). The molecule has 0 aromatic carbocycles. The first-order valence-electron chi connectivity index (χ1n) is 4.08. The molecular formula is C9H12. The van der Waals surface area contributed by atoms with Crippen LogP contribution in [0, 0.1) is 23.7 Å². The van der Waals surface area contributed by atoms with E-state index in [2.05, 4.69) is 13.0 Å². The van der Waals surface area contributed by atoms with Crippen LogP contribution in [-0.2, 0) is 0 Å². The summed E-state index contributed by atoms with van der Waals surface area (Å²) in [6, 6.07) is 0. The molecule has 4 atom stereocenters. The minimum Gasteiger partial charge on any atom is -0.0845 e. The largest absolute Gasteiger partial charge is 0.0845 e. The summed E-state index contributed by atoms with van der Waals surface area (Å²) in [5.41, 5.74) is 1.82. The Balaban J connectivity index is 2.16. The zero-order chi connectivity index (χ0) is 6.01. The van der Waals surface area contributed by atoms with Gasteiger partial charge >= 0.3 is 0 Å².